The summed E-state index contributed by atoms with van der Waals surface area (Å²) < 4.78 is 12.4. The lowest BCUT2D eigenvalue weighted by molar-refractivity contribution is -0.151. The molecule has 0 aliphatic carbocycles. The Kier molecular flexibility index (Phi) is 7.53. The van der Waals surface area contributed by atoms with Crippen molar-refractivity contribution in [1.82, 2.24) is 4.90 Å². The summed E-state index contributed by atoms with van der Waals surface area (Å²) in [7, 11) is 0. The van der Waals surface area contributed by atoms with Gasteiger partial charge in [-0.15, -0.1) is 0 Å². The van der Waals surface area contributed by atoms with Crippen LogP contribution in [0.2, 0.25) is 0 Å². The number of aliphatic hydroxyl groups excluding tert-OH is 1. The van der Waals surface area contributed by atoms with Gasteiger partial charge < -0.3 is 24.4 Å². The van der Waals surface area contributed by atoms with Crippen molar-refractivity contribution in [2.45, 2.75) is 57.0 Å². The number of anilines is 3. The van der Waals surface area contributed by atoms with Crippen LogP contribution in [-0.4, -0.2) is 53.1 Å². The van der Waals surface area contributed by atoms with E-state index in [4.69, 9.17) is 9.47 Å². The van der Waals surface area contributed by atoms with Gasteiger partial charge in [0.15, 0.2) is 12.2 Å². The molecule has 0 aromatic heterocycles. The van der Waals surface area contributed by atoms with E-state index in [-0.39, 0.29) is 55.9 Å². The van der Waals surface area contributed by atoms with Gasteiger partial charge in [-0.1, -0.05) is 73.7 Å². The summed E-state index contributed by atoms with van der Waals surface area (Å²) in [4.78, 5) is 46.5. The number of carbonyl (C=O) groups is 3. The van der Waals surface area contributed by atoms with Gasteiger partial charge in [-0.3, -0.25) is 19.3 Å². The first-order chi connectivity index (χ1) is 23.4. The molecule has 0 saturated carbocycles. The quantitative estimate of drug-likeness (QED) is 0.308. The van der Waals surface area contributed by atoms with E-state index in [9.17, 15) is 19.5 Å². The molecular weight excluding hydrogens is 606 g/mol. The molecule has 9 nitrogen and oxygen atoms in total. The second kappa shape index (κ2) is 11.9. The highest BCUT2D eigenvalue weighted by Gasteiger charge is 2.60. The lowest BCUT2D eigenvalue weighted by atomic mass is 9.83. The third-order valence-corrected chi connectivity index (χ3v) is 10.3. The normalized spacial score (nSPS) is 24.4. The molecule has 48 heavy (non-hydrogen) atoms. The zero-order valence-corrected chi connectivity index (χ0v) is 26.7. The molecule has 4 aromatic rings. The molecule has 1 spiro atoms. The van der Waals surface area contributed by atoms with E-state index < -0.39 is 11.7 Å². The van der Waals surface area contributed by atoms with Crippen molar-refractivity contribution in [2.24, 2.45) is 5.92 Å². The second-order valence-electron chi connectivity index (χ2n) is 13.2. The van der Waals surface area contributed by atoms with Gasteiger partial charge in [0.2, 0.25) is 5.91 Å². The Hall–Kier alpha value is -4.99. The number of rotatable bonds is 6. The highest BCUT2D eigenvalue weighted by atomic mass is 16.5. The zero-order chi connectivity index (χ0) is 33.0. The van der Waals surface area contributed by atoms with E-state index in [2.05, 4.69) is 6.07 Å². The Bertz CT molecular complexity index is 1930. The first-order valence-electron chi connectivity index (χ1n) is 16.6. The summed E-state index contributed by atoms with van der Waals surface area (Å²) >= 11 is 0. The number of hydrogen-bond donors (Lipinski definition) is 1. The molecule has 4 aliphatic heterocycles. The van der Waals surface area contributed by atoms with Crippen molar-refractivity contribution >= 4 is 34.8 Å². The molecule has 1 N–H and O–H groups in total. The Labute approximate surface area is 279 Å². The Balaban J connectivity index is 1.04. The monoisotopic (exact) mass is 643 g/mol. The number of para-hydroxylation sites is 3. The fourth-order valence-electron chi connectivity index (χ4n) is 8.02. The zero-order valence-electron chi connectivity index (χ0n) is 26.7. The number of carbonyl (C=O) groups excluding carboxylic acids is 3. The summed E-state index contributed by atoms with van der Waals surface area (Å²) in [5, 5.41) is 10.1. The minimum atomic E-state index is -1.21. The molecule has 4 atom stereocenters. The van der Waals surface area contributed by atoms with Crippen molar-refractivity contribution in [3.05, 3.63) is 119 Å². The van der Waals surface area contributed by atoms with Crippen LogP contribution in [0.4, 0.5) is 17.1 Å². The van der Waals surface area contributed by atoms with E-state index in [0.717, 1.165) is 27.9 Å². The maximum absolute atomic E-state index is 14.6. The van der Waals surface area contributed by atoms with Gasteiger partial charge in [0.25, 0.3) is 11.8 Å². The van der Waals surface area contributed by atoms with Crippen LogP contribution in [-0.2, 0) is 44.2 Å². The Morgan fingerprint density at radius 3 is 2.50 bits per heavy atom. The van der Waals surface area contributed by atoms with Gasteiger partial charge in [-0.05, 0) is 59.9 Å². The van der Waals surface area contributed by atoms with E-state index in [1.54, 1.807) is 14.7 Å². The minimum absolute atomic E-state index is 0.0493. The minimum Gasteiger partial charge on any atom is -0.482 e. The lowest BCUT2D eigenvalue weighted by Crippen LogP contribution is -2.47. The summed E-state index contributed by atoms with van der Waals surface area (Å²) in [5.74, 6) is 0.0816. The van der Waals surface area contributed by atoms with Crippen LogP contribution in [0, 0.1) is 5.92 Å². The standard InChI is InChI=1S/C39H37N3O6/c1-25-17-31(20-36(44)40-22-28-11-3-2-10-27(28)19-30(40)23-43)48-39(25)32-13-4-5-14-33(32)41(38(39)46)21-26-9-8-12-29(18-26)42-34-15-6-7-16-35(34)47-24-37(42)45/h2-16,18,25,30-31,43H,17,19-24H2,1H3/t25-,30+,31-,39+/m1/s1. The van der Waals surface area contributed by atoms with Gasteiger partial charge in [-0.2, -0.15) is 0 Å². The number of benzene rings is 4. The highest BCUT2D eigenvalue weighted by molar-refractivity contribution is 6.08. The average molecular weight is 644 g/mol. The summed E-state index contributed by atoms with van der Waals surface area (Å²) in [5.41, 5.74) is 4.89. The van der Waals surface area contributed by atoms with Gasteiger partial charge in [0, 0.05) is 23.7 Å². The fraction of sp³-hybridized carbons (Fsp3) is 0.308. The van der Waals surface area contributed by atoms with Crippen LogP contribution in [0.1, 0.15) is 42.0 Å². The van der Waals surface area contributed by atoms with E-state index >= 15 is 0 Å². The number of amides is 3. The number of fused-ring (bicyclic) bond motifs is 4. The first kappa shape index (κ1) is 30.4. The molecular formula is C39H37N3O6. The van der Waals surface area contributed by atoms with Crippen molar-refractivity contribution in [2.75, 3.05) is 23.0 Å². The van der Waals surface area contributed by atoms with Gasteiger partial charge in [-0.25, -0.2) is 0 Å². The van der Waals surface area contributed by atoms with Crippen molar-refractivity contribution < 1.29 is 29.0 Å². The van der Waals surface area contributed by atoms with Crippen LogP contribution >= 0.6 is 0 Å². The molecule has 244 valence electrons. The molecule has 4 aliphatic rings. The lowest BCUT2D eigenvalue weighted by Gasteiger charge is -2.36. The van der Waals surface area contributed by atoms with Crippen LogP contribution in [0.5, 0.6) is 5.75 Å². The summed E-state index contributed by atoms with van der Waals surface area (Å²) in [6, 6.07) is 30.6. The molecule has 3 amide bonds. The topological polar surface area (TPSA) is 99.6 Å². The molecule has 1 saturated heterocycles. The van der Waals surface area contributed by atoms with Crippen LogP contribution < -0.4 is 14.5 Å². The molecule has 1 fully saturated rings. The molecule has 0 unspecified atom stereocenters. The highest BCUT2D eigenvalue weighted by Crippen LogP contribution is 2.54. The molecule has 0 bridgehead atoms. The van der Waals surface area contributed by atoms with Crippen LogP contribution in [0.15, 0.2) is 97.1 Å². The van der Waals surface area contributed by atoms with Crippen molar-refractivity contribution in [3.63, 3.8) is 0 Å². The third-order valence-electron chi connectivity index (χ3n) is 10.3. The van der Waals surface area contributed by atoms with Crippen LogP contribution in [0.3, 0.4) is 0 Å². The largest absolute Gasteiger partial charge is 0.482 e. The van der Waals surface area contributed by atoms with Crippen LogP contribution in [0.25, 0.3) is 0 Å². The molecule has 4 heterocycles. The van der Waals surface area contributed by atoms with E-state index in [0.29, 0.717) is 36.5 Å². The SMILES string of the molecule is C[C@@H]1C[C@H](CC(=O)N2Cc3ccccc3C[C@H]2CO)O[C@@]12C(=O)N(Cc1cccc(N3C(=O)COc4ccccc43)c1)c1ccccc12. The van der Waals surface area contributed by atoms with Crippen molar-refractivity contribution in [3.8, 4) is 5.75 Å². The van der Waals surface area contributed by atoms with Gasteiger partial charge >= 0.3 is 0 Å². The smallest absolute Gasteiger partial charge is 0.269 e. The molecule has 4 aromatic carbocycles. The fourth-order valence-corrected chi connectivity index (χ4v) is 8.02. The molecule has 0 radical (unpaired) electrons. The van der Waals surface area contributed by atoms with E-state index in [1.165, 1.54) is 0 Å². The predicted octanol–water partition coefficient (Wildman–Crippen LogP) is 5.25. The average Bonchev–Trinajstić information content (AvgIpc) is 3.56. The molecule has 8 rings (SSSR count). The number of nitrogens with zero attached hydrogens (tertiary/aromatic N) is 3. The van der Waals surface area contributed by atoms with Gasteiger partial charge in [0.1, 0.15) is 5.75 Å². The summed E-state index contributed by atoms with van der Waals surface area (Å²) in [6.45, 7) is 2.60. The predicted molar refractivity (Wildman–Crippen MR) is 180 cm³/mol. The Morgan fingerprint density at radius 2 is 1.67 bits per heavy atom. The second-order valence-corrected chi connectivity index (χ2v) is 13.2. The van der Waals surface area contributed by atoms with Crippen molar-refractivity contribution in [1.29, 1.82) is 0 Å². The first-order valence-corrected chi connectivity index (χ1v) is 16.6. The third kappa shape index (κ3) is 4.88. The summed E-state index contributed by atoms with van der Waals surface area (Å²) in [6.07, 6.45) is 0.856. The number of hydrogen-bond acceptors (Lipinski definition) is 6. The van der Waals surface area contributed by atoms with Gasteiger partial charge in [0.05, 0.1) is 43.1 Å². The maximum atomic E-state index is 14.6. The Morgan fingerprint density at radius 1 is 0.917 bits per heavy atom. The molecule has 9 heteroatoms. The van der Waals surface area contributed by atoms with E-state index in [1.807, 2.05) is 97.9 Å². The number of ether oxygens (including phenoxy) is 2. The maximum Gasteiger partial charge on any atom is 0.269 e. The number of aliphatic hydroxyl groups is 1.